The van der Waals surface area contributed by atoms with Gasteiger partial charge in [0.2, 0.25) is 5.91 Å². The van der Waals surface area contributed by atoms with Gasteiger partial charge < -0.3 is 14.5 Å². The van der Waals surface area contributed by atoms with Crippen LogP contribution < -0.4 is 0 Å². The molecule has 9 heteroatoms. The summed E-state index contributed by atoms with van der Waals surface area (Å²) in [4.78, 5) is 29.7. The first-order valence-electron chi connectivity index (χ1n) is 10.3. The van der Waals surface area contributed by atoms with Gasteiger partial charge in [-0.2, -0.15) is 5.10 Å². The van der Waals surface area contributed by atoms with Crippen LogP contribution in [0.4, 0.5) is 4.39 Å². The number of nitrogens with zero attached hydrogens (tertiary/aromatic N) is 4. The van der Waals surface area contributed by atoms with Crippen molar-refractivity contribution in [3.63, 3.8) is 0 Å². The zero-order valence-electron chi connectivity index (χ0n) is 17.9. The molecule has 1 unspecified atom stereocenters. The van der Waals surface area contributed by atoms with Gasteiger partial charge in [-0.3, -0.25) is 14.3 Å². The fourth-order valence-electron chi connectivity index (χ4n) is 4.22. The van der Waals surface area contributed by atoms with Gasteiger partial charge in [-0.05, 0) is 37.5 Å². The molecule has 0 radical (unpaired) electrons. The lowest BCUT2D eigenvalue weighted by Crippen LogP contribution is -2.47. The molecule has 1 aromatic heterocycles. The van der Waals surface area contributed by atoms with E-state index in [9.17, 15) is 14.0 Å². The Labute approximate surface area is 185 Å². The molecule has 1 aliphatic carbocycles. The number of amides is 2. The van der Waals surface area contributed by atoms with Crippen LogP contribution in [0.3, 0.4) is 0 Å². The number of aromatic nitrogens is 2. The summed E-state index contributed by atoms with van der Waals surface area (Å²) >= 11 is 5.85. The molecule has 31 heavy (non-hydrogen) atoms. The second-order valence-corrected chi connectivity index (χ2v) is 8.91. The lowest BCUT2D eigenvalue weighted by molar-refractivity contribution is -0.134. The highest BCUT2D eigenvalue weighted by atomic mass is 35.5. The molecule has 166 valence electrons. The maximum Gasteiger partial charge on any atom is 0.257 e. The number of hydrogen-bond acceptors (Lipinski definition) is 4. The fourth-order valence-corrected chi connectivity index (χ4v) is 4.43. The Morgan fingerprint density at radius 1 is 1.39 bits per heavy atom. The minimum Gasteiger partial charge on any atom is -0.382 e. The summed E-state index contributed by atoms with van der Waals surface area (Å²) in [6, 6.07) is 4.22. The van der Waals surface area contributed by atoms with Crippen LogP contribution in [0.1, 0.15) is 41.4 Å². The Hall–Kier alpha value is -2.45. The first-order valence-corrected chi connectivity index (χ1v) is 10.7. The van der Waals surface area contributed by atoms with Crippen molar-refractivity contribution in [3.05, 3.63) is 52.1 Å². The van der Waals surface area contributed by atoms with E-state index in [1.807, 2.05) is 6.92 Å². The first kappa shape index (κ1) is 21.8. The number of halogens is 2. The van der Waals surface area contributed by atoms with Gasteiger partial charge in [-0.1, -0.05) is 17.7 Å². The summed E-state index contributed by atoms with van der Waals surface area (Å²) in [5.74, 6) is -0.724. The Kier molecular flexibility index (Phi) is 5.79. The minimum absolute atomic E-state index is 0.00365. The van der Waals surface area contributed by atoms with E-state index in [0.29, 0.717) is 30.8 Å². The predicted molar refractivity (Wildman–Crippen MR) is 113 cm³/mol. The van der Waals surface area contributed by atoms with E-state index in [1.54, 1.807) is 40.9 Å². The zero-order chi connectivity index (χ0) is 22.3. The molecule has 0 N–H and O–H groups in total. The largest absolute Gasteiger partial charge is 0.382 e. The molecule has 7 nitrogen and oxygen atoms in total. The number of methoxy groups -OCH3 is 1. The van der Waals surface area contributed by atoms with E-state index < -0.39 is 5.82 Å². The lowest BCUT2D eigenvalue weighted by atomic mass is 10.1. The van der Waals surface area contributed by atoms with Crippen LogP contribution in [0.2, 0.25) is 5.02 Å². The summed E-state index contributed by atoms with van der Waals surface area (Å²) in [7, 11) is 3.43. The van der Waals surface area contributed by atoms with Crippen LogP contribution in [0, 0.1) is 5.82 Å². The normalized spacial score (nSPS) is 19.1. The molecular weight excluding hydrogens is 423 g/mol. The molecule has 2 amide bonds. The number of carbonyl (C=O) groups excluding carboxylic acids is 2. The second-order valence-electron chi connectivity index (χ2n) is 8.50. The van der Waals surface area contributed by atoms with E-state index in [2.05, 4.69) is 5.10 Å². The summed E-state index contributed by atoms with van der Waals surface area (Å²) < 4.78 is 20.5. The van der Waals surface area contributed by atoms with Gasteiger partial charge in [-0.25, -0.2) is 4.39 Å². The standard InChI is InChI=1S/C22H26ClFN4O3/c1-14-11-28-19(12-27(14)20(29)9-15-4-5-18(24)17(23)8-15)16(10-25-28)21(30)26(2)22(6-7-22)13-31-3/h4-5,8,10,14H,6-7,9,11-13H2,1-3H3. The van der Waals surface area contributed by atoms with Gasteiger partial charge in [0.15, 0.2) is 0 Å². The third-order valence-electron chi connectivity index (χ3n) is 6.38. The monoisotopic (exact) mass is 448 g/mol. The predicted octanol–water partition coefficient (Wildman–Crippen LogP) is 2.90. The van der Waals surface area contributed by atoms with Crippen LogP contribution in [-0.4, -0.2) is 63.7 Å². The average molecular weight is 449 g/mol. The number of ether oxygens (including phenoxy) is 1. The Balaban J connectivity index is 1.52. The third-order valence-corrected chi connectivity index (χ3v) is 6.67. The van der Waals surface area contributed by atoms with Gasteiger partial charge in [0.05, 0.1) is 54.1 Å². The molecule has 2 aliphatic rings. The Morgan fingerprint density at radius 3 is 2.77 bits per heavy atom. The molecule has 1 aromatic carbocycles. The van der Waals surface area contributed by atoms with E-state index in [-0.39, 0.29) is 34.8 Å². The molecular formula is C22H26ClFN4O3. The molecule has 1 fully saturated rings. The molecule has 1 atom stereocenters. The number of rotatable bonds is 6. The summed E-state index contributed by atoms with van der Waals surface area (Å²) in [6.45, 7) is 3.25. The SMILES string of the molecule is COCC1(N(C)C(=O)c2cnn3c2CN(C(=O)Cc2ccc(F)c(Cl)c2)C(C)C3)CC1. The number of hydrogen-bond donors (Lipinski definition) is 0. The third kappa shape index (κ3) is 4.06. The number of likely N-dealkylation sites (N-methyl/N-ethyl adjacent to an activating group) is 1. The highest BCUT2D eigenvalue weighted by Crippen LogP contribution is 2.42. The van der Waals surface area contributed by atoms with Crippen molar-refractivity contribution in [2.45, 2.75) is 50.9 Å². The maximum absolute atomic E-state index is 13.4. The first-order chi connectivity index (χ1) is 14.8. The molecule has 0 saturated heterocycles. The van der Waals surface area contributed by atoms with Gasteiger partial charge in [0.1, 0.15) is 5.82 Å². The molecule has 0 bridgehead atoms. The van der Waals surface area contributed by atoms with Crippen LogP contribution in [0.5, 0.6) is 0 Å². The molecule has 1 aliphatic heterocycles. The van der Waals surface area contributed by atoms with Crippen molar-refractivity contribution >= 4 is 23.4 Å². The van der Waals surface area contributed by atoms with E-state index in [0.717, 1.165) is 18.5 Å². The van der Waals surface area contributed by atoms with Gasteiger partial charge >= 0.3 is 0 Å². The molecule has 2 aromatic rings. The highest BCUT2D eigenvalue weighted by Gasteiger charge is 2.49. The van der Waals surface area contributed by atoms with Crippen LogP contribution in [0.15, 0.2) is 24.4 Å². The maximum atomic E-state index is 13.4. The molecule has 4 rings (SSSR count). The van der Waals surface area contributed by atoms with E-state index >= 15 is 0 Å². The molecule has 2 heterocycles. The topological polar surface area (TPSA) is 67.7 Å². The Bertz CT molecular complexity index is 1020. The zero-order valence-corrected chi connectivity index (χ0v) is 18.7. The van der Waals surface area contributed by atoms with Crippen molar-refractivity contribution in [3.8, 4) is 0 Å². The van der Waals surface area contributed by atoms with Crippen LogP contribution >= 0.6 is 11.6 Å². The number of fused-ring (bicyclic) bond motifs is 1. The Morgan fingerprint density at radius 2 is 2.13 bits per heavy atom. The molecule has 1 saturated carbocycles. The van der Waals surface area contributed by atoms with E-state index in [4.69, 9.17) is 16.3 Å². The average Bonchev–Trinajstić information content (AvgIpc) is 3.41. The number of benzene rings is 1. The van der Waals surface area contributed by atoms with Crippen molar-refractivity contribution in [2.24, 2.45) is 0 Å². The quantitative estimate of drug-likeness (QED) is 0.681. The fraction of sp³-hybridized carbons (Fsp3) is 0.500. The summed E-state index contributed by atoms with van der Waals surface area (Å²) in [5.41, 5.74) is 1.64. The smallest absolute Gasteiger partial charge is 0.257 e. The number of carbonyl (C=O) groups is 2. The van der Waals surface area contributed by atoms with Crippen molar-refractivity contribution in [2.75, 3.05) is 20.8 Å². The summed E-state index contributed by atoms with van der Waals surface area (Å²) in [5, 5.41) is 4.40. The van der Waals surface area contributed by atoms with Crippen LogP contribution in [-0.2, 0) is 29.0 Å². The van der Waals surface area contributed by atoms with Crippen molar-refractivity contribution in [1.29, 1.82) is 0 Å². The summed E-state index contributed by atoms with van der Waals surface area (Å²) in [6.07, 6.45) is 3.53. The molecule has 0 spiro atoms. The van der Waals surface area contributed by atoms with Gasteiger partial charge in [-0.15, -0.1) is 0 Å². The van der Waals surface area contributed by atoms with E-state index in [1.165, 1.54) is 12.1 Å². The van der Waals surface area contributed by atoms with Gasteiger partial charge in [0, 0.05) is 20.2 Å². The highest BCUT2D eigenvalue weighted by molar-refractivity contribution is 6.30. The van der Waals surface area contributed by atoms with Gasteiger partial charge in [0.25, 0.3) is 5.91 Å². The van der Waals surface area contributed by atoms with Crippen molar-refractivity contribution < 1.29 is 18.7 Å². The van der Waals surface area contributed by atoms with Crippen LogP contribution in [0.25, 0.3) is 0 Å². The lowest BCUT2D eigenvalue weighted by Gasteiger charge is -2.35. The second kappa shape index (κ2) is 8.24. The van der Waals surface area contributed by atoms with Crippen molar-refractivity contribution in [1.82, 2.24) is 19.6 Å². The minimum atomic E-state index is -0.512.